The summed E-state index contributed by atoms with van der Waals surface area (Å²) in [4.78, 5) is 0. The van der Waals surface area contributed by atoms with Crippen molar-refractivity contribution in [3.8, 4) is 6.07 Å². The molecule has 0 aromatic rings. The van der Waals surface area contributed by atoms with Gasteiger partial charge in [-0.05, 0) is 0 Å². The molecular weight excluding hydrogens is 143 g/mol. The molecule has 1 atom stereocenters. The lowest BCUT2D eigenvalue weighted by Crippen LogP contribution is -2.09. The van der Waals surface area contributed by atoms with Crippen molar-refractivity contribution in [2.45, 2.75) is 0 Å². The van der Waals surface area contributed by atoms with Crippen LogP contribution in [0.15, 0.2) is 0 Å². The van der Waals surface area contributed by atoms with E-state index >= 15 is 0 Å². The molecule has 0 saturated heterocycles. The van der Waals surface area contributed by atoms with Crippen molar-refractivity contribution in [1.29, 1.82) is 5.26 Å². The van der Waals surface area contributed by atoms with Gasteiger partial charge in [-0.3, -0.25) is 4.57 Å². The van der Waals surface area contributed by atoms with Gasteiger partial charge in [0.2, 0.25) is 0 Å². The Morgan fingerprint density at radius 1 is 1.89 bits per heavy atom. The van der Waals surface area contributed by atoms with E-state index in [1.807, 2.05) is 0 Å². The number of nitriles is 1. The molecule has 0 aliphatic rings. The van der Waals surface area contributed by atoms with Gasteiger partial charge in [-0.15, -0.1) is 0 Å². The van der Waals surface area contributed by atoms with Crippen molar-refractivity contribution in [3.63, 3.8) is 0 Å². The SMILES string of the molecule is CO[PH](=O)ONCC#N. The quantitative estimate of drug-likeness (QED) is 0.265. The van der Waals surface area contributed by atoms with E-state index < -0.39 is 8.25 Å². The summed E-state index contributed by atoms with van der Waals surface area (Å²) in [6.07, 6.45) is 0. The molecular formula is C3H7N2O3P. The van der Waals surface area contributed by atoms with Gasteiger partial charge in [0.25, 0.3) is 0 Å². The molecule has 0 radical (unpaired) electrons. The van der Waals surface area contributed by atoms with Crippen LogP contribution < -0.4 is 5.48 Å². The second kappa shape index (κ2) is 5.73. The second-order valence-electron chi connectivity index (χ2n) is 1.04. The Bertz CT molecular complexity index is 132. The van der Waals surface area contributed by atoms with Crippen LogP contribution in [0.25, 0.3) is 0 Å². The third-order valence-corrected chi connectivity index (χ3v) is 1.12. The molecule has 0 spiro atoms. The van der Waals surface area contributed by atoms with Crippen LogP contribution >= 0.6 is 8.25 Å². The van der Waals surface area contributed by atoms with E-state index in [1.165, 1.54) is 7.11 Å². The van der Waals surface area contributed by atoms with Crippen LogP contribution in [0.1, 0.15) is 0 Å². The topological polar surface area (TPSA) is 71.3 Å². The van der Waals surface area contributed by atoms with Crippen LogP contribution in [0.2, 0.25) is 0 Å². The highest BCUT2D eigenvalue weighted by atomic mass is 31.1. The Morgan fingerprint density at radius 3 is 3.00 bits per heavy atom. The first-order valence-electron chi connectivity index (χ1n) is 2.16. The van der Waals surface area contributed by atoms with Gasteiger partial charge >= 0.3 is 8.25 Å². The molecule has 52 valence electrons. The van der Waals surface area contributed by atoms with E-state index in [2.05, 4.69) is 14.6 Å². The van der Waals surface area contributed by atoms with E-state index in [0.29, 0.717) is 0 Å². The number of hydroxylamine groups is 1. The maximum atomic E-state index is 10.3. The van der Waals surface area contributed by atoms with E-state index in [4.69, 9.17) is 5.26 Å². The van der Waals surface area contributed by atoms with Crippen molar-refractivity contribution in [2.75, 3.05) is 13.7 Å². The molecule has 5 nitrogen and oxygen atoms in total. The van der Waals surface area contributed by atoms with Crippen LogP contribution in [0.4, 0.5) is 0 Å². The smallest absolute Gasteiger partial charge is 0.313 e. The van der Waals surface area contributed by atoms with Gasteiger partial charge in [0.1, 0.15) is 6.54 Å². The lowest BCUT2D eigenvalue weighted by Gasteiger charge is -1.97. The average Bonchev–Trinajstić information content (AvgIpc) is 1.89. The average molecular weight is 150 g/mol. The zero-order chi connectivity index (χ0) is 7.11. The minimum absolute atomic E-state index is 0.000231. The summed E-state index contributed by atoms with van der Waals surface area (Å²) in [5, 5.41) is 7.93. The normalized spacial score (nSPS) is 12.4. The van der Waals surface area contributed by atoms with Gasteiger partial charge in [-0.25, -0.2) is 4.62 Å². The van der Waals surface area contributed by atoms with E-state index in [1.54, 1.807) is 6.07 Å². The standard InChI is InChI=1S/C3H7N2O3P/c1-7-9(6)8-5-3-2-4/h5,9H,3H2,1H3. The maximum absolute atomic E-state index is 10.3. The largest absolute Gasteiger partial charge is 0.335 e. The van der Waals surface area contributed by atoms with Gasteiger partial charge in [0, 0.05) is 7.11 Å². The molecule has 1 unspecified atom stereocenters. The summed E-state index contributed by atoms with van der Waals surface area (Å²) < 4.78 is 18.8. The lowest BCUT2D eigenvalue weighted by atomic mass is 10.8. The minimum atomic E-state index is -2.41. The molecule has 0 amide bonds. The Labute approximate surface area is 53.5 Å². The summed E-state index contributed by atoms with van der Waals surface area (Å²) in [6, 6.07) is 1.73. The van der Waals surface area contributed by atoms with E-state index in [9.17, 15) is 4.57 Å². The molecule has 9 heavy (non-hydrogen) atoms. The molecule has 1 N–H and O–H groups in total. The molecule has 0 bridgehead atoms. The molecule has 0 rings (SSSR count). The third kappa shape index (κ3) is 5.47. The number of nitrogens with one attached hydrogen (secondary N) is 1. The predicted octanol–water partition coefficient (Wildman–Crippen LogP) is 0.0673. The van der Waals surface area contributed by atoms with Gasteiger partial charge in [0.05, 0.1) is 6.07 Å². The minimum Gasteiger partial charge on any atom is -0.313 e. The van der Waals surface area contributed by atoms with Gasteiger partial charge in [-0.2, -0.15) is 10.7 Å². The number of nitrogens with zero attached hydrogens (tertiary/aromatic N) is 1. The Hall–Kier alpha value is -0.400. The van der Waals surface area contributed by atoms with E-state index in [0.717, 1.165) is 0 Å². The Kier molecular flexibility index (Phi) is 5.48. The fourth-order valence-corrected chi connectivity index (χ4v) is 0.442. The first-order valence-corrected chi connectivity index (χ1v) is 3.38. The molecule has 0 fully saturated rings. The first kappa shape index (κ1) is 8.60. The molecule has 0 heterocycles. The fraction of sp³-hybridized carbons (Fsp3) is 0.667. The summed E-state index contributed by atoms with van der Waals surface area (Å²) in [6.45, 7) is -0.000231. The summed E-state index contributed by atoms with van der Waals surface area (Å²) in [5.74, 6) is 0. The summed E-state index contributed by atoms with van der Waals surface area (Å²) in [7, 11) is -1.15. The number of hydrogen-bond acceptors (Lipinski definition) is 5. The first-order chi connectivity index (χ1) is 4.31. The zero-order valence-electron chi connectivity index (χ0n) is 4.88. The summed E-state index contributed by atoms with van der Waals surface area (Å²) in [5.41, 5.74) is 2.13. The van der Waals surface area contributed by atoms with Crippen LogP contribution in [0.5, 0.6) is 0 Å². The molecule has 0 aliphatic carbocycles. The molecule has 0 saturated carbocycles. The molecule has 0 aliphatic heterocycles. The fourth-order valence-electron chi connectivity index (χ4n) is 0.169. The maximum Gasteiger partial charge on any atom is 0.335 e. The molecule has 6 heteroatoms. The van der Waals surface area contributed by atoms with Crippen molar-refractivity contribution in [1.82, 2.24) is 5.48 Å². The van der Waals surface area contributed by atoms with Gasteiger partial charge < -0.3 is 4.52 Å². The van der Waals surface area contributed by atoms with Crippen molar-refractivity contribution in [2.24, 2.45) is 0 Å². The highest BCUT2D eigenvalue weighted by molar-refractivity contribution is 7.33. The van der Waals surface area contributed by atoms with Crippen LogP contribution in [-0.2, 0) is 13.7 Å². The monoisotopic (exact) mass is 150 g/mol. The predicted molar refractivity (Wildman–Crippen MR) is 30.7 cm³/mol. The zero-order valence-corrected chi connectivity index (χ0v) is 5.88. The number of hydrogen-bond donors (Lipinski definition) is 1. The van der Waals surface area contributed by atoms with Gasteiger partial charge in [0.15, 0.2) is 0 Å². The number of rotatable bonds is 4. The molecule has 0 aromatic heterocycles. The van der Waals surface area contributed by atoms with Crippen molar-refractivity contribution >= 4 is 8.25 Å². The Morgan fingerprint density at radius 2 is 2.56 bits per heavy atom. The van der Waals surface area contributed by atoms with Crippen LogP contribution in [0, 0.1) is 11.3 Å². The summed E-state index contributed by atoms with van der Waals surface area (Å²) >= 11 is 0. The van der Waals surface area contributed by atoms with Crippen molar-refractivity contribution in [3.05, 3.63) is 0 Å². The highest BCUT2D eigenvalue weighted by Gasteiger charge is 1.91. The third-order valence-electron chi connectivity index (χ3n) is 0.473. The van der Waals surface area contributed by atoms with Gasteiger partial charge in [-0.1, -0.05) is 0 Å². The Balaban J connectivity index is 3.09. The highest BCUT2D eigenvalue weighted by Crippen LogP contribution is 2.18. The van der Waals surface area contributed by atoms with Crippen molar-refractivity contribution < 1.29 is 13.7 Å². The van der Waals surface area contributed by atoms with Crippen LogP contribution in [0.3, 0.4) is 0 Å². The lowest BCUT2D eigenvalue weighted by molar-refractivity contribution is 0.181. The van der Waals surface area contributed by atoms with E-state index in [-0.39, 0.29) is 6.54 Å². The second-order valence-corrected chi connectivity index (χ2v) is 2.15. The van der Waals surface area contributed by atoms with Crippen LogP contribution in [-0.4, -0.2) is 13.7 Å². The molecule has 0 aromatic carbocycles.